The minimum Gasteiger partial charge on any atom is -0.394 e. The first-order valence-corrected chi connectivity index (χ1v) is 31.5. The van der Waals surface area contributed by atoms with Crippen molar-refractivity contribution < 1.29 is 64.6 Å². The molecule has 12 unspecified atom stereocenters. The number of unbranched alkanes of at least 4 members (excludes halogenated alkanes) is 22. The van der Waals surface area contributed by atoms with Crippen LogP contribution in [0.4, 0.5) is 0 Å². The molecule has 2 fully saturated rings. The average molecular weight is 1130 g/mol. The third-order valence-corrected chi connectivity index (χ3v) is 14.8. The van der Waals surface area contributed by atoms with Crippen LogP contribution in [-0.2, 0) is 23.7 Å². The van der Waals surface area contributed by atoms with E-state index in [1.54, 1.807) is 6.08 Å². The van der Waals surface area contributed by atoms with Gasteiger partial charge in [-0.1, -0.05) is 233 Å². The van der Waals surface area contributed by atoms with E-state index < -0.39 is 86.8 Å². The second kappa shape index (κ2) is 50.4. The molecule has 0 bridgehead atoms. The molecule has 14 nitrogen and oxygen atoms in total. The lowest BCUT2D eigenvalue weighted by Gasteiger charge is -2.46. The fourth-order valence-electron chi connectivity index (χ4n) is 9.74. The molecular formula is C66H113NO13. The van der Waals surface area contributed by atoms with Gasteiger partial charge in [-0.15, -0.1) is 0 Å². The van der Waals surface area contributed by atoms with Crippen LogP contribution in [0.5, 0.6) is 0 Å². The first-order valence-electron chi connectivity index (χ1n) is 31.5. The first kappa shape index (κ1) is 73.0. The summed E-state index contributed by atoms with van der Waals surface area (Å²) in [5.41, 5.74) is 0. The van der Waals surface area contributed by atoms with Crippen molar-refractivity contribution in [3.05, 3.63) is 97.2 Å². The van der Waals surface area contributed by atoms with E-state index in [9.17, 15) is 45.6 Å². The highest BCUT2D eigenvalue weighted by Gasteiger charge is 2.51. The standard InChI is InChI=1S/C66H113NO13/c1-3-5-7-9-11-13-15-17-18-19-20-21-22-23-24-25-26-27-28-29-30-31-32-33-34-35-36-38-40-42-44-46-48-50-58(71)67-54(55(70)49-47-45-43-41-39-37-16-14-12-10-8-6-4-2)53-77-65-63(76)61(74)64(57(52-69)79-65)80-66-62(75)60(73)59(72)56(51-68)78-66/h5,7,11,13,17-18,20-21,23-24,26-27,29-30,47,49,54-57,59-66,68-70,72-76H,3-4,6,8-10,12,14-16,19,22,25,28,31-46,48,50-53H2,1-2H3,(H,67,71)/b7-5-,13-11-,18-17-,21-20-,24-23-,27-26-,30-29-,49-47+. The van der Waals surface area contributed by atoms with E-state index in [0.29, 0.717) is 6.42 Å². The lowest BCUT2D eigenvalue weighted by molar-refractivity contribution is -0.359. The molecule has 2 heterocycles. The van der Waals surface area contributed by atoms with E-state index in [-0.39, 0.29) is 18.9 Å². The van der Waals surface area contributed by atoms with E-state index in [4.69, 9.17) is 18.9 Å². The summed E-state index contributed by atoms with van der Waals surface area (Å²) in [4.78, 5) is 13.3. The van der Waals surface area contributed by atoms with Gasteiger partial charge in [0.2, 0.25) is 5.91 Å². The van der Waals surface area contributed by atoms with Crippen molar-refractivity contribution in [1.29, 1.82) is 0 Å². The summed E-state index contributed by atoms with van der Waals surface area (Å²) < 4.78 is 22.8. The Morgan fingerprint density at radius 2 is 0.863 bits per heavy atom. The molecule has 2 saturated heterocycles. The topological polar surface area (TPSA) is 228 Å². The fourth-order valence-corrected chi connectivity index (χ4v) is 9.74. The monoisotopic (exact) mass is 1130 g/mol. The molecule has 80 heavy (non-hydrogen) atoms. The molecule has 0 aromatic rings. The number of aliphatic hydroxyl groups is 8. The normalized spacial score (nSPS) is 24.9. The number of nitrogens with one attached hydrogen (secondary N) is 1. The van der Waals surface area contributed by atoms with Crippen LogP contribution in [0.2, 0.25) is 0 Å². The Balaban J connectivity index is 1.67. The fraction of sp³-hybridized carbons (Fsp3) is 0.742. The van der Waals surface area contributed by atoms with Gasteiger partial charge in [0.05, 0.1) is 32.0 Å². The SMILES string of the molecule is CC/C=C\C/C=C\C/C=C\C/C=C\C/C=C\C/C=C\C/C=C\CCCCCCCCCCCCCC(=O)NC(COC1OC(CO)C(OC2OC(CO)C(O)C(O)C2O)C(O)C1O)C(O)/C=C/CCCCCCCCCCCCC. The molecule has 2 rings (SSSR count). The Kier molecular flexibility index (Phi) is 46.0. The molecule has 0 aromatic carbocycles. The van der Waals surface area contributed by atoms with Crippen LogP contribution in [0.25, 0.3) is 0 Å². The van der Waals surface area contributed by atoms with Crippen LogP contribution in [-0.4, -0.2) is 140 Å². The molecule has 0 spiro atoms. The van der Waals surface area contributed by atoms with Crippen LogP contribution >= 0.6 is 0 Å². The van der Waals surface area contributed by atoms with Gasteiger partial charge in [0.1, 0.15) is 48.8 Å². The third kappa shape index (κ3) is 35.1. The summed E-state index contributed by atoms with van der Waals surface area (Å²) in [6.45, 7) is 2.66. The van der Waals surface area contributed by atoms with E-state index >= 15 is 0 Å². The lowest BCUT2D eigenvalue weighted by Crippen LogP contribution is -2.65. The second-order valence-electron chi connectivity index (χ2n) is 21.8. The number of carbonyl (C=O) groups excluding carboxylic acids is 1. The zero-order valence-corrected chi connectivity index (χ0v) is 49.5. The summed E-state index contributed by atoms with van der Waals surface area (Å²) in [6, 6.07) is -0.921. The molecule has 0 aromatic heterocycles. The number of hydrogen-bond donors (Lipinski definition) is 9. The van der Waals surface area contributed by atoms with Crippen LogP contribution in [0, 0.1) is 0 Å². The Morgan fingerprint density at radius 3 is 1.32 bits per heavy atom. The zero-order chi connectivity index (χ0) is 58.1. The highest BCUT2D eigenvalue weighted by atomic mass is 16.7. The lowest BCUT2D eigenvalue weighted by atomic mass is 9.97. The summed E-state index contributed by atoms with van der Waals surface area (Å²) in [5.74, 6) is -0.247. The van der Waals surface area contributed by atoms with Crippen molar-refractivity contribution in [2.45, 2.75) is 293 Å². The van der Waals surface area contributed by atoms with Gasteiger partial charge in [0.15, 0.2) is 12.6 Å². The summed E-state index contributed by atoms with van der Waals surface area (Å²) >= 11 is 0. The highest BCUT2D eigenvalue weighted by Crippen LogP contribution is 2.30. The molecule has 0 saturated carbocycles. The van der Waals surface area contributed by atoms with Crippen molar-refractivity contribution >= 4 is 5.91 Å². The predicted molar refractivity (Wildman–Crippen MR) is 323 cm³/mol. The first-order chi connectivity index (χ1) is 39.1. The maximum Gasteiger partial charge on any atom is 0.220 e. The van der Waals surface area contributed by atoms with Crippen molar-refractivity contribution in [2.24, 2.45) is 0 Å². The molecule has 9 N–H and O–H groups in total. The number of aliphatic hydroxyl groups excluding tert-OH is 8. The Labute approximate surface area is 483 Å². The van der Waals surface area contributed by atoms with E-state index in [0.717, 1.165) is 89.9 Å². The Bertz CT molecular complexity index is 1710. The third-order valence-electron chi connectivity index (χ3n) is 14.8. The largest absolute Gasteiger partial charge is 0.394 e. The van der Waals surface area contributed by atoms with Gasteiger partial charge < -0.3 is 65.1 Å². The summed E-state index contributed by atoms with van der Waals surface area (Å²) in [5, 5.41) is 87.1. The highest BCUT2D eigenvalue weighted by molar-refractivity contribution is 5.76. The molecular weight excluding hydrogens is 1010 g/mol. The van der Waals surface area contributed by atoms with Crippen LogP contribution in [0.1, 0.15) is 219 Å². The second-order valence-corrected chi connectivity index (χ2v) is 21.8. The van der Waals surface area contributed by atoms with Gasteiger partial charge in [-0.2, -0.15) is 0 Å². The number of allylic oxidation sites excluding steroid dienone is 15. The van der Waals surface area contributed by atoms with Crippen LogP contribution < -0.4 is 5.32 Å². The number of carbonyl (C=O) groups is 1. The predicted octanol–water partition coefficient (Wildman–Crippen LogP) is 11.4. The van der Waals surface area contributed by atoms with Crippen molar-refractivity contribution in [3.63, 3.8) is 0 Å². The minimum absolute atomic E-state index is 0.247. The summed E-state index contributed by atoms with van der Waals surface area (Å²) in [6.07, 6.45) is 53.1. The molecule has 0 radical (unpaired) electrons. The zero-order valence-electron chi connectivity index (χ0n) is 49.5. The van der Waals surface area contributed by atoms with Gasteiger partial charge in [-0.05, 0) is 77.0 Å². The summed E-state index contributed by atoms with van der Waals surface area (Å²) in [7, 11) is 0. The van der Waals surface area contributed by atoms with Gasteiger partial charge >= 0.3 is 0 Å². The van der Waals surface area contributed by atoms with Crippen molar-refractivity contribution in [3.8, 4) is 0 Å². The van der Waals surface area contributed by atoms with E-state index in [1.807, 2.05) is 6.08 Å². The Hall–Kier alpha value is -3.09. The number of hydrogen-bond acceptors (Lipinski definition) is 13. The van der Waals surface area contributed by atoms with Crippen molar-refractivity contribution in [1.82, 2.24) is 5.32 Å². The quantitative estimate of drug-likeness (QED) is 0.0204. The smallest absolute Gasteiger partial charge is 0.220 e. The van der Waals surface area contributed by atoms with Gasteiger partial charge in [-0.3, -0.25) is 4.79 Å². The van der Waals surface area contributed by atoms with E-state index in [2.05, 4.69) is 104 Å². The maximum atomic E-state index is 13.3. The molecule has 460 valence electrons. The molecule has 14 heteroatoms. The molecule has 12 atom stereocenters. The maximum absolute atomic E-state index is 13.3. The number of ether oxygens (including phenoxy) is 4. The number of amides is 1. The Morgan fingerprint density at radius 1 is 0.463 bits per heavy atom. The van der Waals surface area contributed by atoms with Crippen LogP contribution in [0.3, 0.4) is 0 Å². The van der Waals surface area contributed by atoms with Crippen molar-refractivity contribution in [2.75, 3.05) is 19.8 Å². The average Bonchev–Trinajstić information content (AvgIpc) is 3.49. The van der Waals surface area contributed by atoms with Gasteiger partial charge in [-0.25, -0.2) is 0 Å². The molecule has 2 aliphatic rings. The molecule has 2 aliphatic heterocycles. The minimum atomic E-state index is -1.79. The number of rotatable bonds is 49. The van der Waals surface area contributed by atoms with Crippen LogP contribution in [0.15, 0.2) is 97.2 Å². The molecule has 0 aliphatic carbocycles. The van der Waals surface area contributed by atoms with Gasteiger partial charge in [0, 0.05) is 6.42 Å². The van der Waals surface area contributed by atoms with E-state index in [1.165, 1.54) is 103 Å². The molecule has 1 amide bonds. The van der Waals surface area contributed by atoms with Gasteiger partial charge in [0.25, 0.3) is 0 Å².